The van der Waals surface area contributed by atoms with Gasteiger partial charge in [0.25, 0.3) is 0 Å². The van der Waals surface area contributed by atoms with Crippen molar-refractivity contribution in [3.63, 3.8) is 0 Å². The van der Waals surface area contributed by atoms with Crippen molar-refractivity contribution >= 4 is 36.0 Å². The number of thioether (sulfide) groups is 1. The van der Waals surface area contributed by atoms with Crippen molar-refractivity contribution in [3.05, 3.63) is 72.4 Å². The van der Waals surface area contributed by atoms with Gasteiger partial charge in [0.15, 0.2) is 17.2 Å². The molecule has 430 valence electrons. The van der Waals surface area contributed by atoms with E-state index >= 15 is 4.39 Å². The summed E-state index contributed by atoms with van der Waals surface area (Å²) in [5.41, 5.74) is -4.79. The van der Waals surface area contributed by atoms with Gasteiger partial charge in [-0.15, -0.1) is 0 Å². The third-order valence-corrected chi connectivity index (χ3v) is 18.7. The highest BCUT2D eigenvalue weighted by molar-refractivity contribution is 7.99. The zero-order valence-electron chi connectivity index (χ0n) is 48.5. The number of allylic oxidation sites excluding steroid dienone is 12. The van der Waals surface area contributed by atoms with E-state index in [0.29, 0.717) is 19.3 Å². The minimum atomic E-state index is -1.95. The molecule has 0 aromatic heterocycles. The number of hydrogen-bond donors (Lipinski definition) is 3. The van der Waals surface area contributed by atoms with Crippen LogP contribution in [0.2, 0.25) is 0 Å². The number of alkyl halides is 1. The third kappa shape index (κ3) is 22.4. The minimum absolute atomic E-state index is 0.0269. The van der Waals surface area contributed by atoms with E-state index in [1.165, 1.54) is 153 Å². The molecule has 4 aliphatic carbocycles. The SMILES string of the molecule is CCCCC/C=C\C/C=C\CCCCCCCCOCCCCS.CCCCC/C=C\C/C=C\CCCCCCCCOCCCCSCC(=O)[C@@]1(O)[C@H](C)C[C@H]2[C@@H]3CCC4=CC(=O)C=C[C@]4(C)[C@@]3(F)[C@@H](O)C[C@@]21C. The molecule has 0 aromatic carbocycles. The first-order valence-electron chi connectivity index (χ1n) is 30.9. The second kappa shape index (κ2) is 39.6. The van der Waals surface area contributed by atoms with E-state index in [1.54, 1.807) is 24.8 Å². The lowest BCUT2D eigenvalue weighted by Gasteiger charge is -2.62. The van der Waals surface area contributed by atoms with Crippen LogP contribution in [-0.2, 0) is 19.1 Å². The number of halogens is 1. The molecule has 4 aliphatic rings. The highest BCUT2D eigenvalue weighted by Gasteiger charge is 2.75. The second-order valence-corrected chi connectivity index (χ2v) is 24.7. The fourth-order valence-corrected chi connectivity index (χ4v) is 13.9. The van der Waals surface area contributed by atoms with Crippen molar-refractivity contribution in [3.8, 4) is 0 Å². The van der Waals surface area contributed by atoms with E-state index in [0.717, 1.165) is 82.0 Å². The summed E-state index contributed by atoms with van der Waals surface area (Å²) in [6.45, 7) is 13.5. The minimum Gasteiger partial charge on any atom is -0.390 e. The molecule has 0 amide bonds. The van der Waals surface area contributed by atoms with Crippen LogP contribution in [0.3, 0.4) is 0 Å². The molecule has 0 radical (unpaired) electrons. The van der Waals surface area contributed by atoms with Crippen molar-refractivity contribution in [1.82, 2.24) is 0 Å². The van der Waals surface area contributed by atoms with Crippen LogP contribution in [0, 0.1) is 28.6 Å². The number of thiol groups is 1. The van der Waals surface area contributed by atoms with E-state index in [-0.39, 0.29) is 35.6 Å². The number of hydrogen-bond acceptors (Lipinski definition) is 8. The molecule has 3 saturated carbocycles. The quantitative estimate of drug-likeness (QED) is 0.0319. The van der Waals surface area contributed by atoms with Crippen molar-refractivity contribution < 1.29 is 33.7 Å². The first-order chi connectivity index (χ1) is 36.4. The number of fused-ring (bicyclic) bond motifs is 5. The Labute approximate surface area is 469 Å². The summed E-state index contributed by atoms with van der Waals surface area (Å²) in [6, 6.07) is 0. The molecule has 0 spiro atoms. The van der Waals surface area contributed by atoms with Crippen LogP contribution in [0.1, 0.15) is 240 Å². The molecule has 9 heteroatoms. The average Bonchev–Trinajstić information content (AvgIpc) is 3.60. The van der Waals surface area contributed by atoms with Gasteiger partial charge in [0.05, 0.1) is 11.9 Å². The van der Waals surface area contributed by atoms with Crippen LogP contribution in [0.4, 0.5) is 4.39 Å². The third-order valence-electron chi connectivity index (χ3n) is 17.4. The van der Waals surface area contributed by atoms with Crippen molar-refractivity contribution in [2.45, 2.75) is 257 Å². The molecule has 0 aliphatic heterocycles. The molecular formula is C66H111FO6S2. The molecule has 0 bridgehead atoms. The molecule has 0 saturated heterocycles. The predicted octanol–water partition coefficient (Wildman–Crippen LogP) is 17.8. The van der Waals surface area contributed by atoms with Gasteiger partial charge in [-0.25, -0.2) is 4.39 Å². The number of unbranched alkanes of at least 4 members (excludes halogenated alkanes) is 20. The fourth-order valence-electron chi connectivity index (χ4n) is 12.7. The van der Waals surface area contributed by atoms with Gasteiger partial charge in [0.1, 0.15) is 5.60 Å². The summed E-state index contributed by atoms with van der Waals surface area (Å²) in [5.74, 6) is 0.634. The van der Waals surface area contributed by atoms with Gasteiger partial charge in [-0.1, -0.05) is 165 Å². The molecule has 0 aromatic rings. The molecule has 8 atom stereocenters. The van der Waals surface area contributed by atoms with Crippen LogP contribution < -0.4 is 0 Å². The molecule has 6 nitrogen and oxygen atoms in total. The van der Waals surface area contributed by atoms with Crippen LogP contribution in [-0.4, -0.2) is 82.8 Å². The Morgan fingerprint density at radius 3 is 1.67 bits per heavy atom. The van der Waals surface area contributed by atoms with Crippen LogP contribution in [0.25, 0.3) is 0 Å². The Hall–Kier alpha value is -1.75. The number of aliphatic hydroxyl groups excluding tert-OH is 1. The van der Waals surface area contributed by atoms with E-state index in [2.05, 4.69) is 75.1 Å². The van der Waals surface area contributed by atoms with Gasteiger partial charge in [0, 0.05) is 43.2 Å². The largest absolute Gasteiger partial charge is 0.390 e. The van der Waals surface area contributed by atoms with Crippen LogP contribution in [0.15, 0.2) is 72.4 Å². The Morgan fingerprint density at radius 1 is 0.693 bits per heavy atom. The summed E-state index contributed by atoms with van der Waals surface area (Å²) in [4.78, 5) is 25.9. The van der Waals surface area contributed by atoms with Crippen molar-refractivity contribution in [2.24, 2.45) is 28.6 Å². The lowest BCUT2D eigenvalue weighted by Crippen LogP contribution is -2.69. The molecular weight excluding hydrogens is 972 g/mol. The normalized spacial score (nSPS) is 27.3. The van der Waals surface area contributed by atoms with Gasteiger partial charge in [-0.2, -0.15) is 24.4 Å². The summed E-state index contributed by atoms with van der Waals surface area (Å²) in [7, 11) is 0. The number of ether oxygens (including phenoxy) is 2. The summed E-state index contributed by atoms with van der Waals surface area (Å²) >= 11 is 5.76. The first-order valence-corrected chi connectivity index (χ1v) is 32.7. The Bertz CT molecular complexity index is 1720. The lowest BCUT2D eigenvalue weighted by atomic mass is 9.44. The van der Waals surface area contributed by atoms with Gasteiger partial charge >= 0.3 is 0 Å². The molecule has 3 fully saturated rings. The van der Waals surface area contributed by atoms with E-state index < -0.39 is 34.1 Å². The maximum Gasteiger partial charge on any atom is 0.178 e. The maximum absolute atomic E-state index is 17.4. The second-order valence-electron chi connectivity index (χ2n) is 23.2. The predicted molar refractivity (Wildman–Crippen MR) is 323 cm³/mol. The lowest BCUT2D eigenvalue weighted by molar-refractivity contribution is -0.218. The first kappa shape index (κ1) is 67.5. The van der Waals surface area contributed by atoms with Crippen molar-refractivity contribution in [2.75, 3.05) is 43.7 Å². The van der Waals surface area contributed by atoms with Crippen LogP contribution >= 0.6 is 24.4 Å². The monoisotopic (exact) mass is 1080 g/mol. The number of aliphatic hydroxyl groups is 2. The molecule has 75 heavy (non-hydrogen) atoms. The number of rotatable bonds is 42. The van der Waals surface area contributed by atoms with Gasteiger partial charge in [0.2, 0.25) is 0 Å². The van der Waals surface area contributed by atoms with E-state index in [1.807, 2.05) is 13.8 Å². The standard InChI is InChI=1S/C44H69FO5S.C22H42OS/c1-5-6-7-8-9-10-11-12-13-14-15-16-17-18-19-20-27-50-28-21-22-29-51-33-40(48)44(49)34(2)30-38-37-24-23-35-31-36(46)25-26-41(35,3)43(37,45)39(47)32-42(38,44)4;1-2-3-4-5-6-7-8-9-10-11-12-13-14-15-16-17-20-23-21-18-19-22-24/h9-10,12-13,25-26,31,34,37-39,47,49H,5-8,11,14-24,27-30,32-33H2,1-4H3;6-7,9-10,24H,2-5,8,11-22H2,1H3/b10-9-,13-12-;7-6-,10-9-/t34-,37+,38+,39+,41+,42+,43+,44+;/m1./s1. The number of carbonyl (C=O) groups is 2. The van der Waals surface area contributed by atoms with Gasteiger partial charge in [-0.05, 0) is 171 Å². The topological polar surface area (TPSA) is 93.1 Å². The Morgan fingerprint density at radius 2 is 1.16 bits per heavy atom. The Balaban J connectivity index is 0.000000520. The molecule has 4 rings (SSSR count). The van der Waals surface area contributed by atoms with Crippen molar-refractivity contribution in [1.29, 1.82) is 0 Å². The number of ketones is 2. The Kier molecular flexibility index (Phi) is 35.6. The fraction of sp³-hybridized carbons (Fsp3) is 0.788. The average molecular weight is 1080 g/mol. The smallest absolute Gasteiger partial charge is 0.178 e. The number of carbonyl (C=O) groups excluding carboxylic acids is 2. The van der Waals surface area contributed by atoms with Gasteiger partial charge in [-0.3, -0.25) is 9.59 Å². The number of Topliss-reactive ketones (excluding diaryl/α,β-unsaturated/α-hetero) is 1. The highest BCUT2D eigenvalue weighted by atomic mass is 32.2. The van der Waals surface area contributed by atoms with E-state index in [4.69, 9.17) is 9.47 Å². The maximum atomic E-state index is 17.4. The summed E-state index contributed by atoms with van der Waals surface area (Å²) < 4.78 is 28.8. The zero-order valence-corrected chi connectivity index (χ0v) is 50.2. The molecule has 0 heterocycles. The highest BCUT2D eigenvalue weighted by Crippen LogP contribution is 2.70. The van der Waals surface area contributed by atoms with Gasteiger partial charge < -0.3 is 19.7 Å². The summed E-state index contributed by atoms with van der Waals surface area (Å²) in [5, 5.41) is 23.7. The van der Waals surface area contributed by atoms with E-state index in [9.17, 15) is 19.8 Å². The van der Waals surface area contributed by atoms with Crippen LogP contribution in [0.5, 0.6) is 0 Å². The zero-order chi connectivity index (χ0) is 54.5. The summed E-state index contributed by atoms with van der Waals surface area (Å²) in [6.07, 6.45) is 58.3. The molecule has 2 N–H and O–H groups in total. The molecule has 0 unspecified atom stereocenters.